The van der Waals surface area contributed by atoms with Crippen molar-refractivity contribution in [3.8, 4) is 5.75 Å². The summed E-state index contributed by atoms with van der Waals surface area (Å²) in [6, 6.07) is 7.70. The van der Waals surface area contributed by atoms with Gasteiger partial charge in [-0.3, -0.25) is 0 Å². The summed E-state index contributed by atoms with van der Waals surface area (Å²) in [4.78, 5) is 12.2. The van der Waals surface area contributed by atoms with E-state index < -0.39 is 27.4 Å². The minimum absolute atomic E-state index is 0.164. The van der Waals surface area contributed by atoms with Crippen molar-refractivity contribution in [2.75, 3.05) is 13.1 Å². The molecule has 0 aliphatic heterocycles. The molecule has 2 aromatic carbocycles. The number of halogens is 2. The highest BCUT2D eigenvalue weighted by atomic mass is 35.5. The first-order chi connectivity index (χ1) is 12.2. The largest absolute Gasteiger partial charge is 0.423 e. The molecule has 8 heteroatoms. The number of hydrogen-bond acceptors (Lipinski definition) is 4. The smallest absolute Gasteiger partial charge is 0.346 e. The van der Waals surface area contributed by atoms with Crippen LogP contribution in [0, 0.1) is 12.7 Å². The van der Waals surface area contributed by atoms with E-state index in [2.05, 4.69) is 0 Å². The summed E-state index contributed by atoms with van der Waals surface area (Å²) in [5, 5.41) is 0.473. The van der Waals surface area contributed by atoms with Crippen molar-refractivity contribution in [1.29, 1.82) is 0 Å². The maximum atomic E-state index is 14.1. The normalized spacial score (nSPS) is 11.6. The van der Waals surface area contributed by atoms with Gasteiger partial charge in [0.25, 0.3) is 0 Å². The number of esters is 1. The summed E-state index contributed by atoms with van der Waals surface area (Å²) in [7, 11) is -3.82. The lowest BCUT2D eigenvalue weighted by Crippen LogP contribution is -2.30. The van der Waals surface area contributed by atoms with Crippen LogP contribution >= 0.6 is 11.6 Å². The van der Waals surface area contributed by atoms with Crippen molar-refractivity contribution in [2.24, 2.45) is 0 Å². The topological polar surface area (TPSA) is 63.7 Å². The van der Waals surface area contributed by atoms with Gasteiger partial charge in [-0.15, -0.1) is 0 Å². The van der Waals surface area contributed by atoms with Crippen LogP contribution in [0.2, 0.25) is 5.02 Å². The quantitative estimate of drug-likeness (QED) is 0.543. The average molecular weight is 400 g/mol. The van der Waals surface area contributed by atoms with E-state index in [9.17, 15) is 17.6 Å². The van der Waals surface area contributed by atoms with Gasteiger partial charge < -0.3 is 4.74 Å². The molecular formula is C18H19ClFNO4S. The number of rotatable bonds is 6. The fourth-order valence-corrected chi connectivity index (χ4v) is 4.13. The van der Waals surface area contributed by atoms with Gasteiger partial charge in [0.2, 0.25) is 10.0 Å². The molecular weight excluding hydrogens is 381 g/mol. The number of ether oxygens (including phenoxy) is 1. The molecule has 0 spiro atoms. The SMILES string of the molecule is CCN(CC)S(=O)(=O)c1ccc(F)c(C(=O)Oc2ccc(Cl)cc2C)c1. The van der Waals surface area contributed by atoms with Crippen molar-refractivity contribution in [3.05, 3.63) is 58.4 Å². The van der Waals surface area contributed by atoms with E-state index in [0.717, 1.165) is 18.2 Å². The van der Waals surface area contributed by atoms with Gasteiger partial charge in [0.15, 0.2) is 0 Å². The predicted octanol–water partition coefficient (Wildman–Crippen LogP) is 4.04. The highest BCUT2D eigenvalue weighted by Gasteiger charge is 2.25. The van der Waals surface area contributed by atoms with Gasteiger partial charge >= 0.3 is 5.97 Å². The molecule has 0 radical (unpaired) electrons. The van der Waals surface area contributed by atoms with Crippen LogP contribution < -0.4 is 4.74 Å². The summed E-state index contributed by atoms with van der Waals surface area (Å²) in [6.45, 7) is 5.61. The molecule has 0 fully saturated rings. The molecule has 0 amide bonds. The number of nitrogens with zero attached hydrogens (tertiary/aromatic N) is 1. The maximum absolute atomic E-state index is 14.1. The molecule has 0 saturated heterocycles. The zero-order chi connectivity index (χ0) is 19.5. The molecule has 0 N–H and O–H groups in total. The minimum atomic E-state index is -3.82. The second-order valence-electron chi connectivity index (χ2n) is 5.53. The Bertz CT molecular complexity index is 927. The molecule has 0 aliphatic carbocycles. The molecule has 0 aromatic heterocycles. The van der Waals surface area contributed by atoms with Crippen molar-refractivity contribution in [1.82, 2.24) is 4.31 Å². The second-order valence-corrected chi connectivity index (χ2v) is 7.90. The molecule has 5 nitrogen and oxygen atoms in total. The van der Waals surface area contributed by atoms with Crippen LogP contribution in [0.3, 0.4) is 0 Å². The third kappa shape index (κ3) is 4.23. The van der Waals surface area contributed by atoms with Gasteiger partial charge in [0.05, 0.1) is 10.5 Å². The number of benzene rings is 2. The van der Waals surface area contributed by atoms with Crippen molar-refractivity contribution < 1.29 is 22.3 Å². The van der Waals surface area contributed by atoms with Gasteiger partial charge in [-0.2, -0.15) is 4.31 Å². The summed E-state index contributed by atoms with van der Waals surface area (Å²) in [6.07, 6.45) is 0. The lowest BCUT2D eigenvalue weighted by atomic mass is 10.2. The maximum Gasteiger partial charge on any atom is 0.346 e. The van der Waals surface area contributed by atoms with Crippen molar-refractivity contribution >= 4 is 27.6 Å². The number of aryl methyl sites for hydroxylation is 1. The molecule has 26 heavy (non-hydrogen) atoms. The summed E-state index contributed by atoms with van der Waals surface area (Å²) >= 11 is 5.85. The standard InChI is InChI=1S/C18H19ClFNO4S/c1-4-21(5-2)26(23,24)14-7-8-16(20)15(11-14)18(22)25-17-9-6-13(19)10-12(17)3/h6-11H,4-5H2,1-3H3. The van der Waals surface area contributed by atoms with Crippen LogP contribution in [0.4, 0.5) is 4.39 Å². The van der Waals surface area contributed by atoms with Gasteiger partial charge in [-0.25, -0.2) is 17.6 Å². The Balaban J connectivity index is 2.39. The highest BCUT2D eigenvalue weighted by molar-refractivity contribution is 7.89. The number of carbonyl (C=O) groups excluding carboxylic acids is 1. The van der Waals surface area contributed by atoms with Gasteiger partial charge in [0.1, 0.15) is 11.6 Å². The molecule has 0 unspecified atom stereocenters. The van der Waals surface area contributed by atoms with Crippen LogP contribution in [0.5, 0.6) is 5.75 Å². The van der Waals surface area contributed by atoms with E-state index in [-0.39, 0.29) is 23.7 Å². The number of sulfonamides is 1. The lowest BCUT2D eigenvalue weighted by molar-refractivity contribution is 0.0728. The number of carbonyl (C=O) groups is 1. The van der Waals surface area contributed by atoms with Gasteiger partial charge in [-0.1, -0.05) is 25.4 Å². The lowest BCUT2D eigenvalue weighted by Gasteiger charge is -2.18. The van der Waals surface area contributed by atoms with E-state index in [4.69, 9.17) is 16.3 Å². The minimum Gasteiger partial charge on any atom is -0.423 e. The fourth-order valence-electron chi connectivity index (χ4n) is 2.42. The van der Waals surface area contributed by atoms with E-state index >= 15 is 0 Å². The van der Waals surface area contributed by atoms with Crippen molar-refractivity contribution in [3.63, 3.8) is 0 Å². The van der Waals surface area contributed by atoms with Crippen LogP contribution in [-0.4, -0.2) is 31.8 Å². The summed E-state index contributed by atoms with van der Waals surface area (Å²) in [5.41, 5.74) is 0.144. The molecule has 0 bridgehead atoms. The van der Waals surface area contributed by atoms with E-state index in [1.54, 1.807) is 26.8 Å². The molecule has 0 heterocycles. The molecule has 0 atom stereocenters. The first-order valence-electron chi connectivity index (χ1n) is 7.98. The third-order valence-corrected chi connectivity index (χ3v) is 6.12. The fraction of sp³-hybridized carbons (Fsp3) is 0.278. The Morgan fingerprint density at radius 1 is 1.15 bits per heavy atom. The van der Waals surface area contributed by atoms with Crippen LogP contribution in [-0.2, 0) is 10.0 Å². The Labute approximate surface area is 157 Å². The molecule has 2 aromatic rings. The zero-order valence-electron chi connectivity index (χ0n) is 14.6. The Hall–Kier alpha value is -1.96. The molecule has 0 aliphatic rings. The van der Waals surface area contributed by atoms with Crippen LogP contribution in [0.25, 0.3) is 0 Å². The Morgan fingerprint density at radius 2 is 1.81 bits per heavy atom. The Kier molecular flexibility index (Phi) is 6.39. The van der Waals surface area contributed by atoms with E-state index in [1.807, 2.05) is 0 Å². The summed E-state index contributed by atoms with van der Waals surface area (Å²) in [5.74, 6) is -1.62. The first-order valence-corrected chi connectivity index (χ1v) is 9.80. The Morgan fingerprint density at radius 3 is 2.38 bits per heavy atom. The van der Waals surface area contributed by atoms with Crippen LogP contribution in [0.15, 0.2) is 41.3 Å². The van der Waals surface area contributed by atoms with E-state index in [0.29, 0.717) is 10.6 Å². The zero-order valence-corrected chi connectivity index (χ0v) is 16.2. The highest BCUT2D eigenvalue weighted by Crippen LogP contribution is 2.24. The predicted molar refractivity (Wildman–Crippen MR) is 97.7 cm³/mol. The van der Waals surface area contributed by atoms with E-state index in [1.165, 1.54) is 16.4 Å². The molecule has 2 rings (SSSR count). The first kappa shape index (κ1) is 20.4. The molecule has 140 valence electrons. The average Bonchev–Trinajstić information content (AvgIpc) is 2.58. The third-order valence-electron chi connectivity index (χ3n) is 3.84. The summed E-state index contributed by atoms with van der Waals surface area (Å²) < 4.78 is 45.7. The molecule has 0 saturated carbocycles. The van der Waals surface area contributed by atoms with Gasteiger partial charge in [0, 0.05) is 18.1 Å². The monoisotopic (exact) mass is 399 g/mol. The van der Waals surface area contributed by atoms with Crippen LogP contribution in [0.1, 0.15) is 29.8 Å². The number of hydrogen-bond donors (Lipinski definition) is 0. The second kappa shape index (κ2) is 8.16. The van der Waals surface area contributed by atoms with Crippen molar-refractivity contribution in [2.45, 2.75) is 25.7 Å². The van der Waals surface area contributed by atoms with Gasteiger partial charge in [-0.05, 0) is 48.9 Å².